The van der Waals surface area contributed by atoms with Gasteiger partial charge < -0.3 is 15.5 Å². The first-order valence-electron chi connectivity index (χ1n) is 6.64. The van der Waals surface area contributed by atoms with E-state index in [1.807, 2.05) is 22.4 Å². The maximum Gasteiger partial charge on any atom is 0.265 e. The van der Waals surface area contributed by atoms with Crippen LogP contribution < -0.4 is 10.6 Å². The van der Waals surface area contributed by atoms with Crippen LogP contribution in [0, 0.1) is 0 Å². The smallest absolute Gasteiger partial charge is 0.265 e. The van der Waals surface area contributed by atoms with Crippen LogP contribution in [0.25, 0.3) is 0 Å². The SMILES string of the molecule is Nc1ccc(N2CCN(C(=O)c3sccc3Br)CC2)cn1. The summed E-state index contributed by atoms with van der Waals surface area (Å²) < 4.78 is 0.877. The van der Waals surface area contributed by atoms with Crippen molar-refractivity contribution in [3.63, 3.8) is 0 Å². The third kappa shape index (κ3) is 3.03. The first-order chi connectivity index (χ1) is 10.1. The molecule has 0 radical (unpaired) electrons. The number of anilines is 2. The Morgan fingerprint density at radius 2 is 2.00 bits per heavy atom. The van der Waals surface area contributed by atoms with Gasteiger partial charge in [0, 0.05) is 30.7 Å². The van der Waals surface area contributed by atoms with Crippen molar-refractivity contribution in [1.82, 2.24) is 9.88 Å². The molecular formula is C14H15BrN4OS. The number of rotatable bonds is 2. The summed E-state index contributed by atoms with van der Waals surface area (Å²) in [4.78, 5) is 21.4. The fraction of sp³-hybridized carbons (Fsp3) is 0.286. The van der Waals surface area contributed by atoms with Gasteiger partial charge in [-0.3, -0.25) is 4.79 Å². The highest BCUT2D eigenvalue weighted by Crippen LogP contribution is 2.25. The molecule has 0 atom stereocenters. The number of thiophene rings is 1. The summed E-state index contributed by atoms with van der Waals surface area (Å²) in [7, 11) is 0. The number of pyridine rings is 1. The van der Waals surface area contributed by atoms with Crippen molar-refractivity contribution < 1.29 is 4.79 Å². The van der Waals surface area contributed by atoms with Gasteiger partial charge in [-0.15, -0.1) is 11.3 Å². The lowest BCUT2D eigenvalue weighted by molar-refractivity contribution is 0.0751. The molecule has 0 spiro atoms. The van der Waals surface area contributed by atoms with Crippen molar-refractivity contribution in [2.45, 2.75) is 0 Å². The van der Waals surface area contributed by atoms with E-state index in [2.05, 4.69) is 25.8 Å². The summed E-state index contributed by atoms with van der Waals surface area (Å²) in [6.07, 6.45) is 1.78. The van der Waals surface area contributed by atoms with Gasteiger partial charge >= 0.3 is 0 Å². The molecule has 0 aromatic carbocycles. The summed E-state index contributed by atoms with van der Waals surface area (Å²) in [5.74, 6) is 0.627. The summed E-state index contributed by atoms with van der Waals surface area (Å²) in [5, 5.41) is 1.92. The molecule has 1 fully saturated rings. The van der Waals surface area contributed by atoms with E-state index in [0.29, 0.717) is 18.9 Å². The van der Waals surface area contributed by atoms with Crippen molar-refractivity contribution >= 4 is 44.7 Å². The zero-order valence-electron chi connectivity index (χ0n) is 11.3. The van der Waals surface area contributed by atoms with Crippen LogP contribution in [0.15, 0.2) is 34.2 Å². The molecule has 2 N–H and O–H groups in total. The Kier molecular flexibility index (Phi) is 4.12. The lowest BCUT2D eigenvalue weighted by Gasteiger charge is -2.35. The molecule has 2 aromatic heterocycles. The van der Waals surface area contributed by atoms with Crippen LogP contribution in [-0.4, -0.2) is 42.0 Å². The summed E-state index contributed by atoms with van der Waals surface area (Å²) in [5.41, 5.74) is 6.65. The Hall–Kier alpha value is -1.60. The summed E-state index contributed by atoms with van der Waals surface area (Å²) in [6, 6.07) is 5.68. The maximum atomic E-state index is 12.4. The number of piperazine rings is 1. The minimum atomic E-state index is 0.104. The molecule has 2 aromatic rings. The van der Waals surface area contributed by atoms with Crippen LogP contribution in [-0.2, 0) is 0 Å². The van der Waals surface area contributed by atoms with E-state index in [-0.39, 0.29) is 5.91 Å². The van der Waals surface area contributed by atoms with E-state index in [0.717, 1.165) is 28.1 Å². The molecule has 1 aliphatic heterocycles. The van der Waals surface area contributed by atoms with E-state index in [1.54, 1.807) is 12.3 Å². The number of aromatic nitrogens is 1. The van der Waals surface area contributed by atoms with E-state index < -0.39 is 0 Å². The van der Waals surface area contributed by atoms with Crippen LogP contribution in [0.3, 0.4) is 0 Å². The van der Waals surface area contributed by atoms with Crippen LogP contribution in [0.1, 0.15) is 9.67 Å². The molecular weight excluding hydrogens is 352 g/mol. The first-order valence-corrected chi connectivity index (χ1v) is 8.31. The van der Waals surface area contributed by atoms with Gasteiger partial charge in [-0.05, 0) is 39.5 Å². The zero-order valence-corrected chi connectivity index (χ0v) is 13.7. The number of nitrogens with zero attached hydrogens (tertiary/aromatic N) is 3. The highest BCUT2D eigenvalue weighted by atomic mass is 79.9. The van der Waals surface area contributed by atoms with E-state index in [9.17, 15) is 4.79 Å². The van der Waals surface area contributed by atoms with E-state index in [4.69, 9.17) is 5.73 Å². The second-order valence-electron chi connectivity index (χ2n) is 4.82. The number of halogens is 1. The minimum absolute atomic E-state index is 0.104. The second kappa shape index (κ2) is 6.03. The minimum Gasteiger partial charge on any atom is -0.384 e. The van der Waals surface area contributed by atoms with Gasteiger partial charge in [-0.25, -0.2) is 4.98 Å². The molecule has 5 nitrogen and oxygen atoms in total. The summed E-state index contributed by atoms with van der Waals surface area (Å²) >= 11 is 4.90. The van der Waals surface area contributed by atoms with Crippen molar-refractivity contribution in [2.75, 3.05) is 36.8 Å². The maximum absolute atomic E-state index is 12.4. The molecule has 0 saturated carbocycles. The molecule has 3 heterocycles. The third-order valence-electron chi connectivity index (χ3n) is 3.51. The molecule has 7 heteroatoms. The standard InChI is InChI=1S/C14H15BrN4OS/c15-11-3-8-21-13(11)14(20)19-6-4-18(5-7-19)10-1-2-12(16)17-9-10/h1-3,8-9H,4-7H2,(H2,16,17). The second-order valence-corrected chi connectivity index (χ2v) is 6.59. The predicted octanol–water partition coefficient (Wildman–Crippen LogP) is 2.45. The van der Waals surface area contributed by atoms with Crippen molar-refractivity contribution in [1.29, 1.82) is 0 Å². The molecule has 1 aliphatic rings. The number of hydrogen-bond donors (Lipinski definition) is 1. The van der Waals surface area contributed by atoms with Crippen LogP contribution >= 0.6 is 27.3 Å². The van der Waals surface area contributed by atoms with Gasteiger partial charge in [-0.1, -0.05) is 0 Å². The third-order valence-corrected chi connectivity index (χ3v) is 5.34. The van der Waals surface area contributed by atoms with Gasteiger partial charge in [-0.2, -0.15) is 0 Å². The molecule has 1 amide bonds. The quantitative estimate of drug-likeness (QED) is 0.886. The number of nitrogens with two attached hydrogens (primary N) is 1. The molecule has 0 aliphatic carbocycles. The van der Waals surface area contributed by atoms with Gasteiger partial charge in [0.25, 0.3) is 5.91 Å². The van der Waals surface area contributed by atoms with Crippen LogP contribution in [0.2, 0.25) is 0 Å². The average Bonchev–Trinajstić information content (AvgIpc) is 2.94. The Morgan fingerprint density at radius 1 is 1.24 bits per heavy atom. The zero-order chi connectivity index (χ0) is 14.8. The molecule has 1 saturated heterocycles. The Labute approximate surface area is 135 Å². The number of nitrogen functional groups attached to an aromatic ring is 1. The summed E-state index contributed by atoms with van der Waals surface area (Å²) in [6.45, 7) is 3.04. The fourth-order valence-corrected chi connectivity index (χ4v) is 3.85. The van der Waals surface area contributed by atoms with E-state index >= 15 is 0 Å². The average molecular weight is 367 g/mol. The molecule has 0 bridgehead atoms. The lowest BCUT2D eigenvalue weighted by Crippen LogP contribution is -2.48. The monoisotopic (exact) mass is 366 g/mol. The van der Waals surface area contributed by atoms with Gasteiger partial charge in [0.05, 0.1) is 11.9 Å². The largest absolute Gasteiger partial charge is 0.384 e. The predicted molar refractivity (Wildman–Crippen MR) is 88.8 cm³/mol. The van der Waals surface area contributed by atoms with Crippen molar-refractivity contribution in [2.24, 2.45) is 0 Å². The molecule has 21 heavy (non-hydrogen) atoms. The number of hydrogen-bond acceptors (Lipinski definition) is 5. The Morgan fingerprint density at radius 3 is 2.57 bits per heavy atom. The number of amides is 1. The fourth-order valence-electron chi connectivity index (χ4n) is 2.34. The van der Waals surface area contributed by atoms with Gasteiger partial charge in [0.1, 0.15) is 10.7 Å². The highest BCUT2D eigenvalue weighted by Gasteiger charge is 2.24. The van der Waals surface area contributed by atoms with Crippen LogP contribution in [0.4, 0.5) is 11.5 Å². The number of carbonyl (C=O) groups is 1. The van der Waals surface area contributed by atoms with Gasteiger partial charge in [0.2, 0.25) is 0 Å². The molecule has 110 valence electrons. The van der Waals surface area contributed by atoms with E-state index in [1.165, 1.54) is 11.3 Å². The number of carbonyl (C=O) groups excluding carboxylic acids is 1. The highest BCUT2D eigenvalue weighted by molar-refractivity contribution is 9.10. The molecule has 3 rings (SSSR count). The Bertz CT molecular complexity index is 635. The first kappa shape index (κ1) is 14.3. The normalized spacial score (nSPS) is 15.3. The topological polar surface area (TPSA) is 62.5 Å². The van der Waals surface area contributed by atoms with Gasteiger partial charge in [0.15, 0.2) is 0 Å². The lowest BCUT2D eigenvalue weighted by atomic mass is 10.2. The Balaban J connectivity index is 1.64. The van der Waals surface area contributed by atoms with Crippen molar-refractivity contribution in [3.8, 4) is 0 Å². The van der Waals surface area contributed by atoms with Crippen molar-refractivity contribution in [3.05, 3.63) is 39.1 Å². The van der Waals surface area contributed by atoms with Crippen LogP contribution in [0.5, 0.6) is 0 Å². The molecule has 0 unspecified atom stereocenters.